The van der Waals surface area contributed by atoms with Gasteiger partial charge in [-0.3, -0.25) is 0 Å². The molecule has 1 unspecified atom stereocenters. The minimum Gasteiger partial charge on any atom is -0.369 e. The van der Waals surface area contributed by atoms with Crippen molar-refractivity contribution in [2.75, 3.05) is 11.9 Å². The van der Waals surface area contributed by atoms with E-state index >= 15 is 0 Å². The Morgan fingerprint density at radius 1 is 1.35 bits per heavy atom. The topological polar surface area (TPSA) is 29.3 Å². The summed E-state index contributed by atoms with van der Waals surface area (Å²) in [5, 5.41) is 0. The van der Waals surface area contributed by atoms with Gasteiger partial charge < -0.3 is 10.6 Å². The molecule has 2 N–H and O–H groups in total. The summed E-state index contributed by atoms with van der Waals surface area (Å²) in [5.74, 6) is 0. The smallest absolute Gasteiger partial charge is 0.0931 e. The first-order valence-corrected chi connectivity index (χ1v) is 8.44. The van der Waals surface area contributed by atoms with Crippen LogP contribution < -0.4 is 10.6 Å². The zero-order valence-electron chi connectivity index (χ0n) is 11.6. The summed E-state index contributed by atoms with van der Waals surface area (Å²) in [7, 11) is 2.08. The summed E-state index contributed by atoms with van der Waals surface area (Å²) in [5.41, 5.74) is 8.26. The molecule has 5 heteroatoms. The van der Waals surface area contributed by atoms with Crippen LogP contribution in [0.4, 0.5) is 5.69 Å². The van der Waals surface area contributed by atoms with Crippen molar-refractivity contribution in [1.29, 1.82) is 0 Å². The van der Waals surface area contributed by atoms with Crippen LogP contribution in [0.25, 0.3) is 0 Å². The van der Waals surface area contributed by atoms with Gasteiger partial charge in [-0.15, -0.1) is 11.3 Å². The predicted octanol–water partition coefficient (Wildman–Crippen LogP) is 4.69. The van der Waals surface area contributed by atoms with Crippen molar-refractivity contribution in [2.45, 2.75) is 25.9 Å². The Morgan fingerprint density at radius 3 is 2.65 bits per heavy atom. The van der Waals surface area contributed by atoms with Crippen molar-refractivity contribution in [1.82, 2.24) is 0 Å². The molecule has 2 aromatic rings. The molecule has 0 bridgehead atoms. The summed E-state index contributed by atoms with van der Waals surface area (Å²) in [6.45, 7) is 2.87. The third kappa shape index (κ3) is 4.22. The summed E-state index contributed by atoms with van der Waals surface area (Å²) in [6.07, 6.45) is 0.892. The first-order chi connectivity index (χ1) is 9.45. The van der Waals surface area contributed by atoms with E-state index in [-0.39, 0.29) is 6.04 Å². The van der Waals surface area contributed by atoms with Gasteiger partial charge in [-0.1, -0.05) is 17.7 Å². The Morgan fingerprint density at radius 2 is 2.10 bits per heavy atom. The van der Waals surface area contributed by atoms with Crippen molar-refractivity contribution >= 4 is 44.6 Å². The summed E-state index contributed by atoms with van der Waals surface area (Å²) >= 11 is 11.2. The predicted molar refractivity (Wildman–Crippen MR) is 92.9 cm³/mol. The quantitative estimate of drug-likeness (QED) is 0.823. The summed E-state index contributed by atoms with van der Waals surface area (Å²) < 4.78 is 1.93. The average Bonchev–Trinajstić information content (AvgIpc) is 2.73. The molecule has 0 saturated carbocycles. The van der Waals surface area contributed by atoms with E-state index in [2.05, 4.69) is 52.1 Å². The second kappa shape index (κ2) is 6.94. The first-order valence-electron chi connectivity index (χ1n) is 6.45. The van der Waals surface area contributed by atoms with Crippen LogP contribution in [0.15, 0.2) is 34.8 Å². The Bertz CT molecular complexity index is 583. The fourth-order valence-corrected chi connectivity index (χ4v) is 3.98. The monoisotopic (exact) mass is 372 g/mol. The van der Waals surface area contributed by atoms with E-state index in [1.165, 1.54) is 16.1 Å². The van der Waals surface area contributed by atoms with E-state index in [0.717, 1.165) is 21.8 Å². The molecule has 0 aliphatic heterocycles. The van der Waals surface area contributed by atoms with E-state index in [4.69, 9.17) is 17.3 Å². The van der Waals surface area contributed by atoms with Crippen molar-refractivity contribution in [3.05, 3.63) is 49.6 Å². The standard InChI is InChI=1S/C15H18BrClN2S/c1-10(18)7-11-3-5-14(13(16)8-11)19(2)9-12-4-6-15(17)20-12/h3-6,8,10H,7,9,18H2,1-2H3. The number of benzene rings is 1. The number of anilines is 1. The van der Waals surface area contributed by atoms with Crippen LogP contribution in [0.3, 0.4) is 0 Å². The van der Waals surface area contributed by atoms with Gasteiger partial charge in [0.1, 0.15) is 0 Å². The van der Waals surface area contributed by atoms with Gasteiger partial charge in [-0.05, 0) is 59.1 Å². The minimum absolute atomic E-state index is 0.179. The van der Waals surface area contributed by atoms with Crippen LogP contribution in [-0.2, 0) is 13.0 Å². The number of hydrogen-bond donors (Lipinski definition) is 1. The highest BCUT2D eigenvalue weighted by atomic mass is 79.9. The van der Waals surface area contributed by atoms with E-state index in [1.54, 1.807) is 11.3 Å². The van der Waals surface area contributed by atoms with E-state index in [1.807, 2.05) is 13.0 Å². The fourth-order valence-electron chi connectivity index (χ4n) is 2.11. The zero-order valence-corrected chi connectivity index (χ0v) is 14.7. The van der Waals surface area contributed by atoms with E-state index < -0.39 is 0 Å². The Balaban J connectivity index is 2.11. The van der Waals surface area contributed by atoms with Crippen LogP contribution in [0, 0.1) is 0 Å². The van der Waals surface area contributed by atoms with Crippen molar-refractivity contribution in [3.8, 4) is 0 Å². The lowest BCUT2D eigenvalue weighted by Crippen LogP contribution is -2.18. The van der Waals surface area contributed by atoms with Gasteiger partial charge in [0, 0.05) is 22.4 Å². The number of halogens is 2. The first kappa shape index (κ1) is 15.8. The molecule has 20 heavy (non-hydrogen) atoms. The number of rotatable bonds is 5. The van der Waals surface area contributed by atoms with Gasteiger partial charge in [-0.2, -0.15) is 0 Å². The van der Waals surface area contributed by atoms with E-state index in [0.29, 0.717) is 0 Å². The number of nitrogens with two attached hydrogens (primary N) is 1. The Kier molecular flexibility index (Phi) is 5.49. The number of nitrogens with zero attached hydrogens (tertiary/aromatic N) is 1. The summed E-state index contributed by atoms with van der Waals surface area (Å²) in [6, 6.07) is 10.6. The summed E-state index contributed by atoms with van der Waals surface area (Å²) in [4.78, 5) is 3.46. The molecule has 0 saturated heterocycles. The van der Waals surface area contributed by atoms with E-state index in [9.17, 15) is 0 Å². The molecule has 1 atom stereocenters. The van der Waals surface area contributed by atoms with Gasteiger partial charge in [-0.25, -0.2) is 0 Å². The lowest BCUT2D eigenvalue weighted by atomic mass is 10.1. The molecule has 0 spiro atoms. The van der Waals surface area contributed by atoms with Gasteiger partial charge in [0.15, 0.2) is 0 Å². The molecular weight excluding hydrogens is 356 g/mol. The van der Waals surface area contributed by atoms with Crippen molar-refractivity contribution in [3.63, 3.8) is 0 Å². The molecule has 0 fully saturated rings. The Labute approximate surface area is 137 Å². The number of hydrogen-bond acceptors (Lipinski definition) is 3. The third-order valence-electron chi connectivity index (χ3n) is 3.00. The lowest BCUT2D eigenvalue weighted by molar-refractivity contribution is 0.737. The van der Waals surface area contributed by atoms with Crippen LogP contribution >= 0.6 is 38.9 Å². The normalized spacial score (nSPS) is 12.4. The maximum atomic E-state index is 5.97. The fraction of sp³-hybridized carbons (Fsp3) is 0.333. The Hall–Kier alpha value is -0.550. The highest BCUT2D eigenvalue weighted by Gasteiger charge is 2.09. The number of thiophene rings is 1. The molecule has 1 aromatic carbocycles. The second-order valence-electron chi connectivity index (χ2n) is 5.03. The molecule has 108 valence electrons. The minimum atomic E-state index is 0.179. The third-order valence-corrected chi connectivity index (χ3v) is 4.85. The van der Waals surface area contributed by atoms with Crippen molar-refractivity contribution < 1.29 is 0 Å². The molecule has 1 aromatic heterocycles. The average molecular weight is 374 g/mol. The lowest BCUT2D eigenvalue weighted by Gasteiger charge is -2.21. The maximum absolute atomic E-state index is 5.97. The highest BCUT2D eigenvalue weighted by Crippen LogP contribution is 2.30. The van der Waals surface area contributed by atoms with Crippen LogP contribution in [-0.4, -0.2) is 13.1 Å². The molecule has 0 aliphatic rings. The molecule has 0 aliphatic carbocycles. The molecule has 0 amide bonds. The SMILES string of the molecule is CC(N)Cc1ccc(N(C)Cc2ccc(Cl)s2)c(Br)c1. The van der Waals surface area contributed by atoms with Crippen LogP contribution in [0.2, 0.25) is 4.34 Å². The largest absolute Gasteiger partial charge is 0.369 e. The van der Waals surface area contributed by atoms with Crippen LogP contribution in [0.1, 0.15) is 17.4 Å². The van der Waals surface area contributed by atoms with Gasteiger partial charge in [0.2, 0.25) is 0 Å². The molecule has 1 heterocycles. The molecular formula is C15H18BrClN2S. The second-order valence-corrected chi connectivity index (χ2v) is 7.68. The van der Waals surface area contributed by atoms with Gasteiger partial charge >= 0.3 is 0 Å². The maximum Gasteiger partial charge on any atom is 0.0931 e. The van der Waals surface area contributed by atoms with Gasteiger partial charge in [0.25, 0.3) is 0 Å². The van der Waals surface area contributed by atoms with Gasteiger partial charge in [0.05, 0.1) is 16.6 Å². The molecule has 2 nitrogen and oxygen atoms in total. The van der Waals surface area contributed by atoms with Crippen molar-refractivity contribution in [2.24, 2.45) is 5.73 Å². The highest BCUT2D eigenvalue weighted by molar-refractivity contribution is 9.10. The van der Waals surface area contributed by atoms with Crippen LogP contribution in [0.5, 0.6) is 0 Å². The zero-order chi connectivity index (χ0) is 14.7. The molecule has 2 rings (SSSR count). The molecule has 0 radical (unpaired) electrons.